The second-order valence-corrected chi connectivity index (χ2v) is 6.25. The number of benzene rings is 1. The molecule has 128 valence electrons. The van der Waals surface area contributed by atoms with Crippen molar-refractivity contribution in [3.05, 3.63) is 69.6 Å². The van der Waals surface area contributed by atoms with Gasteiger partial charge in [0.2, 0.25) is 5.91 Å². The van der Waals surface area contributed by atoms with Gasteiger partial charge in [0.1, 0.15) is 6.54 Å². The number of aromatic nitrogens is 1. The molecule has 1 aromatic heterocycles. The molecule has 0 N–H and O–H groups in total. The normalized spacial score (nSPS) is 10.6. The largest absolute Gasteiger partial charge is 0.337 e. The van der Waals surface area contributed by atoms with Gasteiger partial charge in [0.05, 0.1) is 0 Å². The Kier molecular flexibility index (Phi) is 7.07. The van der Waals surface area contributed by atoms with E-state index in [9.17, 15) is 9.59 Å². The maximum Gasteiger partial charge on any atom is 0.250 e. The highest BCUT2D eigenvalue weighted by molar-refractivity contribution is 6.30. The monoisotopic (exact) mass is 346 g/mol. The Bertz CT molecular complexity index is 710. The molecule has 1 heterocycles. The van der Waals surface area contributed by atoms with Gasteiger partial charge >= 0.3 is 0 Å². The number of hydrogen-bond acceptors (Lipinski definition) is 2. The lowest BCUT2D eigenvalue weighted by Crippen LogP contribution is -2.36. The lowest BCUT2D eigenvalue weighted by Gasteiger charge is -2.23. The topological polar surface area (TPSA) is 42.3 Å². The van der Waals surface area contributed by atoms with Crippen LogP contribution in [0.15, 0.2) is 53.5 Å². The molecule has 0 spiro atoms. The molecule has 0 saturated carbocycles. The zero-order valence-corrected chi connectivity index (χ0v) is 14.7. The van der Waals surface area contributed by atoms with E-state index in [2.05, 4.69) is 6.92 Å². The molecule has 0 aliphatic carbocycles. The van der Waals surface area contributed by atoms with E-state index >= 15 is 0 Å². The van der Waals surface area contributed by atoms with Crippen LogP contribution in [0.5, 0.6) is 0 Å². The van der Waals surface area contributed by atoms with Crippen molar-refractivity contribution in [3.63, 3.8) is 0 Å². The molecule has 0 bridgehead atoms. The molecule has 0 fully saturated rings. The lowest BCUT2D eigenvalue weighted by molar-refractivity contribution is -0.132. The number of rotatable bonds is 8. The minimum atomic E-state index is -0.161. The number of halogens is 1. The van der Waals surface area contributed by atoms with E-state index in [-0.39, 0.29) is 18.0 Å². The maximum absolute atomic E-state index is 12.7. The van der Waals surface area contributed by atoms with Gasteiger partial charge in [0.15, 0.2) is 0 Å². The van der Waals surface area contributed by atoms with Crippen LogP contribution in [-0.2, 0) is 17.9 Å². The van der Waals surface area contributed by atoms with Gasteiger partial charge in [-0.3, -0.25) is 9.59 Å². The number of nitrogens with zero attached hydrogens (tertiary/aromatic N) is 2. The van der Waals surface area contributed by atoms with Crippen molar-refractivity contribution < 1.29 is 4.79 Å². The van der Waals surface area contributed by atoms with E-state index < -0.39 is 0 Å². The van der Waals surface area contributed by atoms with Crippen LogP contribution in [0.3, 0.4) is 0 Å². The highest BCUT2D eigenvalue weighted by Crippen LogP contribution is 2.12. The quantitative estimate of drug-likeness (QED) is 0.684. The van der Waals surface area contributed by atoms with Crippen LogP contribution in [0.25, 0.3) is 0 Å². The molecule has 2 rings (SSSR count). The summed E-state index contributed by atoms with van der Waals surface area (Å²) in [4.78, 5) is 26.3. The SMILES string of the molecule is CCCCCN(Cc1ccc(Cl)cc1)C(=O)Cn1ccccc1=O. The molecule has 24 heavy (non-hydrogen) atoms. The third-order valence-electron chi connectivity index (χ3n) is 3.88. The molecule has 0 radical (unpaired) electrons. The van der Waals surface area contributed by atoms with Crippen molar-refractivity contribution >= 4 is 17.5 Å². The van der Waals surface area contributed by atoms with E-state index in [0.717, 1.165) is 24.8 Å². The van der Waals surface area contributed by atoms with Crippen molar-refractivity contribution in [1.82, 2.24) is 9.47 Å². The van der Waals surface area contributed by atoms with Crippen LogP contribution in [0.4, 0.5) is 0 Å². The molecule has 0 aliphatic heterocycles. The molecular formula is C19H23ClN2O2. The fraction of sp³-hybridized carbons (Fsp3) is 0.368. The second-order valence-electron chi connectivity index (χ2n) is 5.82. The lowest BCUT2D eigenvalue weighted by atomic mass is 10.2. The number of carbonyl (C=O) groups excluding carboxylic acids is 1. The minimum Gasteiger partial charge on any atom is -0.337 e. The summed E-state index contributed by atoms with van der Waals surface area (Å²) in [6.07, 6.45) is 4.78. The Hall–Kier alpha value is -2.07. The van der Waals surface area contributed by atoms with Crippen molar-refractivity contribution in [3.8, 4) is 0 Å². The van der Waals surface area contributed by atoms with E-state index in [4.69, 9.17) is 11.6 Å². The average molecular weight is 347 g/mol. The Morgan fingerprint density at radius 1 is 1.12 bits per heavy atom. The Morgan fingerprint density at radius 2 is 1.88 bits per heavy atom. The van der Waals surface area contributed by atoms with E-state index in [1.54, 1.807) is 18.3 Å². The summed E-state index contributed by atoms with van der Waals surface area (Å²) < 4.78 is 1.44. The fourth-order valence-electron chi connectivity index (χ4n) is 2.49. The first-order valence-corrected chi connectivity index (χ1v) is 8.65. The van der Waals surface area contributed by atoms with Crippen molar-refractivity contribution in [2.75, 3.05) is 6.54 Å². The summed E-state index contributed by atoms with van der Waals surface area (Å²) in [6, 6.07) is 12.4. The predicted octanol–water partition coefficient (Wildman–Crippen LogP) is 3.72. The standard InChI is InChI=1S/C19H23ClN2O2/c1-2-3-5-12-21(14-16-8-10-17(20)11-9-16)19(24)15-22-13-6-4-7-18(22)23/h4,6-11,13H,2-3,5,12,14-15H2,1H3. The molecule has 1 amide bonds. The number of unbranched alkanes of at least 4 members (excludes halogenated alkanes) is 2. The molecule has 5 heteroatoms. The Balaban J connectivity index is 2.09. The summed E-state index contributed by atoms with van der Waals surface area (Å²) in [5.41, 5.74) is 0.871. The highest BCUT2D eigenvalue weighted by Gasteiger charge is 2.14. The van der Waals surface area contributed by atoms with Crippen LogP contribution in [0.2, 0.25) is 5.02 Å². The summed E-state index contributed by atoms with van der Waals surface area (Å²) >= 11 is 5.92. The highest BCUT2D eigenvalue weighted by atomic mass is 35.5. The zero-order valence-electron chi connectivity index (χ0n) is 14.0. The van der Waals surface area contributed by atoms with Crippen molar-refractivity contribution in [2.45, 2.75) is 39.3 Å². The smallest absolute Gasteiger partial charge is 0.250 e. The van der Waals surface area contributed by atoms with Crippen LogP contribution >= 0.6 is 11.6 Å². The first-order valence-electron chi connectivity index (χ1n) is 8.28. The van der Waals surface area contributed by atoms with Gasteiger partial charge in [-0.2, -0.15) is 0 Å². The van der Waals surface area contributed by atoms with Gasteiger partial charge in [-0.05, 0) is 30.2 Å². The molecule has 2 aromatic rings. The first kappa shape index (κ1) is 18.3. The fourth-order valence-corrected chi connectivity index (χ4v) is 2.62. The summed E-state index contributed by atoms with van der Waals surface area (Å²) in [5.74, 6) is -0.0469. The number of pyridine rings is 1. The molecule has 4 nitrogen and oxygen atoms in total. The molecule has 0 atom stereocenters. The van der Waals surface area contributed by atoms with Gasteiger partial charge in [0, 0.05) is 30.4 Å². The van der Waals surface area contributed by atoms with E-state index in [1.807, 2.05) is 29.2 Å². The van der Waals surface area contributed by atoms with Crippen LogP contribution < -0.4 is 5.56 Å². The number of hydrogen-bond donors (Lipinski definition) is 0. The van der Waals surface area contributed by atoms with Gasteiger partial charge < -0.3 is 9.47 Å². The second kappa shape index (κ2) is 9.28. The van der Waals surface area contributed by atoms with Crippen molar-refractivity contribution in [2.24, 2.45) is 0 Å². The average Bonchev–Trinajstić information content (AvgIpc) is 2.58. The third kappa shape index (κ3) is 5.53. The summed E-state index contributed by atoms with van der Waals surface area (Å²) in [6.45, 7) is 3.42. The van der Waals surface area contributed by atoms with Crippen LogP contribution in [-0.4, -0.2) is 21.9 Å². The van der Waals surface area contributed by atoms with Gasteiger partial charge in [-0.15, -0.1) is 0 Å². The molecule has 0 saturated heterocycles. The molecular weight excluding hydrogens is 324 g/mol. The van der Waals surface area contributed by atoms with Gasteiger partial charge in [-0.1, -0.05) is 49.6 Å². The van der Waals surface area contributed by atoms with Crippen LogP contribution in [0, 0.1) is 0 Å². The van der Waals surface area contributed by atoms with E-state index in [0.29, 0.717) is 18.1 Å². The number of amides is 1. The zero-order chi connectivity index (χ0) is 17.4. The predicted molar refractivity (Wildman–Crippen MR) is 97.1 cm³/mol. The summed E-state index contributed by atoms with van der Waals surface area (Å²) in [5, 5.41) is 0.679. The van der Waals surface area contributed by atoms with Crippen LogP contribution in [0.1, 0.15) is 31.7 Å². The maximum atomic E-state index is 12.7. The van der Waals surface area contributed by atoms with Crippen molar-refractivity contribution in [1.29, 1.82) is 0 Å². The molecule has 1 aromatic carbocycles. The summed E-state index contributed by atoms with van der Waals surface area (Å²) in [7, 11) is 0. The van der Waals surface area contributed by atoms with E-state index in [1.165, 1.54) is 10.6 Å². The first-order chi connectivity index (χ1) is 11.6. The minimum absolute atomic E-state index is 0.0469. The van der Waals surface area contributed by atoms with Gasteiger partial charge in [-0.25, -0.2) is 0 Å². The third-order valence-corrected chi connectivity index (χ3v) is 4.13. The van der Waals surface area contributed by atoms with Gasteiger partial charge in [0.25, 0.3) is 5.56 Å². The Labute approximate surface area is 147 Å². The molecule has 0 unspecified atom stereocenters. The Morgan fingerprint density at radius 3 is 2.54 bits per heavy atom. The number of carbonyl (C=O) groups is 1. The molecule has 0 aliphatic rings.